The van der Waals surface area contributed by atoms with Gasteiger partial charge in [0, 0.05) is 17.6 Å². The van der Waals surface area contributed by atoms with Crippen molar-refractivity contribution in [3.8, 4) is 22.7 Å². The molecule has 0 spiro atoms. The van der Waals surface area contributed by atoms with Crippen molar-refractivity contribution in [1.29, 1.82) is 0 Å². The Hall–Kier alpha value is -3.67. The van der Waals surface area contributed by atoms with E-state index in [0.29, 0.717) is 11.8 Å². The molecule has 2 heterocycles. The zero-order valence-corrected chi connectivity index (χ0v) is 19.9. The van der Waals surface area contributed by atoms with Crippen LogP contribution in [0.25, 0.3) is 22.7 Å². The Morgan fingerprint density at radius 3 is 2.57 bits per heavy atom. The third-order valence-electron chi connectivity index (χ3n) is 6.78. The molecule has 1 saturated carbocycles. The summed E-state index contributed by atoms with van der Waals surface area (Å²) in [4.78, 5) is 17.6. The minimum absolute atomic E-state index is 0.00930. The summed E-state index contributed by atoms with van der Waals surface area (Å²) in [5.74, 6) is 0.350. The van der Waals surface area contributed by atoms with Crippen LogP contribution >= 0.6 is 0 Å². The summed E-state index contributed by atoms with van der Waals surface area (Å²) in [5.41, 5.74) is 3.63. The van der Waals surface area contributed by atoms with E-state index < -0.39 is 0 Å². The van der Waals surface area contributed by atoms with Crippen LogP contribution in [-0.4, -0.2) is 21.5 Å². The van der Waals surface area contributed by atoms with Gasteiger partial charge in [-0.05, 0) is 74.6 Å². The summed E-state index contributed by atoms with van der Waals surface area (Å²) in [6, 6.07) is 20.5. The van der Waals surface area contributed by atoms with Gasteiger partial charge < -0.3 is 14.3 Å². The highest BCUT2D eigenvalue weighted by Crippen LogP contribution is 2.39. The molecule has 1 N–H and O–H groups in total. The number of imidazole rings is 1. The molecule has 2 aromatic carbocycles. The maximum atomic E-state index is 13.5. The van der Waals surface area contributed by atoms with Gasteiger partial charge in [-0.1, -0.05) is 43.2 Å². The highest BCUT2D eigenvalue weighted by molar-refractivity contribution is 5.92. The summed E-state index contributed by atoms with van der Waals surface area (Å²) < 4.78 is 21.8. The number of nitrogens with one attached hydrogen (secondary N) is 1. The molecule has 1 aliphatic rings. The molecule has 0 unspecified atom stereocenters. The van der Waals surface area contributed by atoms with Crippen LogP contribution in [0.5, 0.6) is 0 Å². The number of aryl methyl sites for hydroxylation is 1. The first-order valence-corrected chi connectivity index (χ1v) is 12.4. The second-order valence-electron chi connectivity index (χ2n) is 9.36. The number of rotatable bonds is 8. The van der Waals surface area contributed by atoms with Crippen molar-refractivity contribution in [3.63, 3.8) is 0 Å². The van der Waals surface area contributed by atoms with Gasteiger partial charge in [-0.15, -0.1) is 0 Å². The zero-order valence-electron chi connectivity index (χ0n) is 19.9. The van der Waals surface area contributed by atoms with Gasteiger partial charge >= 0.3 is 0 Å². The van der Waals surface area contributed by atoms with Crippen LogP contribution < -0.4 is 5.32 Å². The molecule has 0 radical (unpaired) electrons. The first kappa shape index (κ1) is 23.1. The molecule has 1 fully saturated rings. The van der Waals surface area contributed by atoms with Crippen molar-refractivity contribution in [2.45, 2.75) is 57.5 Å². The van der Waals surface area contributed by atoms with Crippen LogP contribution in [0.4, 0.5) is 4.39 Å². The number of aromatic nitrogens is 2. The molecular weight excluding hydrogens is 441 g/mol. The van der Waals surface area contributed by atoms with E-state index in [-0.39, 0.29) is 23.5 Å². The van der Waals surface area contributed by atoms with E-state index in [9.17, 15) is 9.18 Å². The topological polar surface area (TPSA) is 60.1 Å². The molecule has 2 aromatic heterocycles. The van der Waals surface area contributed by atoms with Crippen molar-refractivity contribution < 1.29 is 13.6 Å². The molecule has 180 valence electrons. The molecule has 35 heavy (non-hydrogen) atoms. The molecule has 1 atom stereocenters. The third kappa shape index (κ3) is 5.21. The standard InChI is InChI=1S/C29H30FN3O2/c1-20(11-12-21-7-3-2-4-8-21)32-29(34)26-18-17-25(35-26)28-27(22-13-15-23(30)16-14-22)31-19-33(28)24-9-5-6-10-24/h2-4,7-8,13-20,24H,5-6,9-12H2,1H3,(H,32,34)/t20-/m0/s1. The number of benzene rings is 2. The number of carbonyl (C=O) groups is 1. The number of amides is 1. The number of hydrogen-bond acceptors (Lipinski definition) is 3. The Balaban J connectivity index is 1.36. The monoisotopic (exact) mass is 471 g/mol. The highest BCUT2D eigenvalue weighted by atomic mass is 19.1. The lowest BCUT2D eigenvalue weighted by molar-refractivity contribution is 0.0911. The third-order valence-corrected chi connectivity index (χ3v) is 6.78. The van der Waals surface area contributed by atoms with Gasteiger partial charge in [-0.25, -0.2) is 9.37 Å². The molecular formula is C29H30FN3O2. The number of carbonyl (C=O) groups excluding carboxylic acids is 1. The average molecular weight is 472 g/mol. The molecule has 5 nitrogen and oxygen atoms in total. The lowest BCUT2D eigenvalue weighted by Gasteiger charge is -2.15. The molecule has 6 heteroatoms. The van der Waals surface area contributed by atoms with Crippen molar-refractivity contribution in [2.75, 3.05) is 0 Å². The van der Waals surface area contributed by atoms with Gasteiger partial charge in [0.15, 0.2) is 11.5 Å². The van der Waals surface area contributed by atoms with Crippen LogP contribution in [0.2, 0.25) is 0 Å². The second-order valence-corrected chi connectivity index (χ2v) is 9.36. The van der Waals surface area contributed by atoms with Gasteiger partial charge in [0.25, 0.3) is 5.91 Å². The van der Waals surface area contributed by atoms with Gasteiger partial charge in [0.1, 0.15) is 11.5 Å². The van der Waals surface area contributed by atoms with Crippen LogP contribution in [0.3, 0.4) is 0 Å². The molecule has 0 saturated heterocycles. The zero-order chi connectivity index (χ0) is 24.2. The van der Waals surface area contributed by atoms with E-state index in [1.54, 1.807) is 18.2 Å². The molecule has 4 aromatic rings. The van der Waals surface area contributed by atoms with E-state index >= 15 is 0 Å². The Morgan fingerprint density at radius 2 is 1.83 bits per heavy atom. The predicted octanol–water partition coefficient (Wildman–Crippen LogP) is 6.82. The SMILES string of the molecule is C[C@@H](CCc1ccccc1)NC(=O)c1ccc(-c2c(-c3ccc(F)cc3)ncn2C2CCCC2)o1. The predicted molar refractivity (Wildman–Crippen MR) is 135 cm³/mol. The highest BCUT2D eigenvalue weighted by Gasteiger charge is 2.26. The Bertz CT molecular complexity index is 1270. The maximum absolute atomic E-state index is 13.5. The smallest absolute Gasteiger partial charge is 0.287 e. The van der Waals surface area contributed by atoms with Crippen molar-refractivity contribution in [3.05, 3.63) is 90.2 Å². The Labute approximate surface area is 205 Å². The van der Waals surface area contributed by atoms with Gasteiger partial charge in [0.2, 0.25) is 0 Å². The Kier molecular flexibility index (Phi) is 6.80. The fourth-order valence-corrected chi connectivity index (χ4v) is 4.87. The number of halogens is 1. The molecule has 5 rings (SSSR count). The minimum atomic E-state index is -0.288. The maximum Gasteiger partial charge on any atom is 0.287 e. The van der Waals surface area contributed by atoms with Gasteiger partial charge in [-0.3, -0.25) is 4.79 Å². The number of nitrogens with zero attached hydrogens (tertiary/aromatic N) is 2. The summed E-state index contributed by atoms with van der Waals surface area (Å²) in [6.45, 7) is 2.01. The van der Waals surface area contributed by atoms with E-state index in [1.807, 2.05) is 37.5 Å². The van der Waals surface area contributed by atoms with E-state index in [4.69, 9.17) is 4.42 Å². The minimum Gasteiger partial charge on any atom is -0.449 e. The van der Waals surface area contributed by atoms with Crippen molar-refractivity contribution >= 4 is 5.91 Å². The average Bonchev–Trinajstić information content (AvgIpc) is 3.64. The summed E-state index contributed by atoms with van der Waals surface area (Å²) in [5, 5.41) is 3.05. The molecule has 0 aliphatic heterocycles. The largest absolute Gasteiger partial charge is 0.449 e. The van der Waals surface area contributed by atoms with Crippen molar-refractivity contribution in [1.82, 2.24) is 14.9 Å². The lowest BCUT2D eigenvalue weighted by Crippen LogP contribution is -2.32. The van der Waals surface area contributed by atoms with Gasteiger partial charge in [0.05, 0.1) is 12.0 Å². The summed E-state index contributed by atoms with van der Waals surface area (Å²) >= 11 is 0. The fourth-order valence-electron chi connectivity index (χ4n) is 4.87. The van der Waals surface area contributed by atoms with Crippen LogP contribution in [0, 0.1) is 5.82 Å². The van der Waals surface area contributed by atoms with Crippen LogP contribution in [-0.2, 0) is 6.42 Å². The lowest BCUT2D eigenvalue weighted by atomic mass is 10.1. The van der Waals surface area contributed by atoms with E-state index in [0.717, 1.165) is 42.6 Å². The van der Waals surface area contributed by atoms with E-state index in [1.165, 1.54) is 30.5 Å². The molecule has 1 aliphatic carbocycles. The summed E-state index contributed by atoms with van der Waals surface area (Å²) in [6.07, 6.45) is 8.11. The first-order valence-electron chi connectivity index (χ1n) is 12.4. The molecule has 1 amide bonds. The molecule has 0 bridgehead atoms. The van der Waals surface area contributed by atoms with Crippen molar-refractivity contribution in [2.24, 2.45) is 0 Å². The first-order chi connectivity index (χ1) is 17.1. The fraction of sp³-hybridized carbons (Fsp3) is 0.310. The van der Waals surface area contributed by atoms with Gasteiger partial charge in [-0.2, -0.15) is 0 Å². The van der Waals surface area contributed by atoms with E-state index in [2.05, 4.69) is 27.0 Å². The Morgan fingerprint density at radius 1 is 1.09 bits per heavy atom. The van der Waals surface area contributed by atoms with Crippen LogP contribution in [0.15, 0.2) is 77.5 Å². The quantitative estimate of drug-likeness (QED) is 0.307. The normalized spacial score (nSPS) is 14.8. The number of hydrogen-bond donors (Lipinski definition) is 1. The second kappa shape index (κ2) is 10.3. The van der Waals surface area contributed by atoms with Crippen LogP contribution in [0.1, 0.15) is 61.2 Å². The number of furan rings is 1. The summed E-state index contributed by atoms with van der Waals surface area (Å²) in [7, 11) is 0.